The molecule has 7 heteroatoms. The highest BCUT2D eigenvalue weighted by molar-refractivity contribution is 6.30. The number of nitrogens with one attached hydrogen (secondary N) is 3. The van der Waals surface area contributed by atoms with Crippen LogP contribution in [0.2, 0.25) is 5.02 Å². The monoisotopic (exact) mass is 321 g/mol. The van der Waals surface area contributed by atoms with E-state index in [1.54, 1.807) is 12.1 Å². The maximum absolute atomic E-state index is 12.0. The third kappa shape index (κ3) is 4.73. The van der Waals surface area contributed by atoms with Gasteiger partial charge in [-0.15, -0.1) is 5.10 Å². The Morgan fingerprint density at radius 3 is 2.59 bits per heavy atom. The minimum Gasteiger partial charge on any atom is -0.331 e. The van der Waals surface area contributed by atoms with Crippen LogP contribution in [-0.2, 0) is 6.42 Å². The summed E-state index contributed by atoms with van der Waals surface area (Å²) in [7, 11) is 0. The second kappa shape index (κ2) is 7.26. The molecule has 1 heterocycles. The van der Waals surface area contributed by atoms with Crippen molar-refractivity contribution in [1.29, 1.82) is 0 Å². The summed E-state index contributed by atoms with van der Waals surface area (Å²) in [5, 5.41) is 12.9. The van der Waals surface area contributed by atoms with Crippen molar-refractivity contribution in [3.8, 4) is 0 Å². The number of benzene rings is 1. The summed E-state index contributed by atoms with van der Waals surface area (Å²) < 4.78 is 0. The maximum Gasteiger partial charge on any atom is 0.322 e. The van der Waals surface area contributed by atoms with Gasteiger partial charge in [0.2, 0.25) is 5.95 Å². The van der Waals surface area contributed by atoms with Crippen LogP contribution in [0.25, 0.3) is 0 Å². The Kier molecular flexibility index (Phi) is 5.38. The number of halogens is 1. The number of anilines is 1. The Morgan fingerprint density at radius 2 is 1.95 bits per heavy atom. The van der Waals surface area contributed by atoms with E-state index in [-0.39, 0.29) is 18.0 Å². The number of aromatic amines is 1. The SMILES string of the molecule is CC(C)Cc1nc(NC(=O)NC(C)c2ccc(Cl)cc2)n[nH]1. The predicted molar refractivity (Wildman–Crippen MR) is 86.9 cm³/mol. The lowest BCUT2D eigenvalue weighted by Gasteiger charge is -2.14. The molecule has 2 rings (SSSR count). The smallest absolute Gasteiger partial charge is 0.322 e. The molecule has 2 aromatic rings. The molecule has 0 saturated heterocycles. The first-order chi connectivity index (χ1) is 10.4. The number of aromatic nitrogens is 3. The number of rotatable bonds is 5. The Morgan fingerprint density at radius 1 is 1.27 bits per heavy atom. The summed E-state index contributed by atoms with van der Waals surface area (Å²) in [6.45, 7) is 6.08. The molecule has 0 aliphatic heterocycles. The van der Waals surface area contributed by atoms with Gasteiger partial charge in [-0.25, -0.2) is 4.79 Å². The first-order valence-corrected chi connectivity index (χ1v) is 7.56. The maximum atomic E-state index is 12.0. The van der Waals surface area contributed by atoms with Gasteiger partial charge in [0.1, 0.15) is 5.82 Å². The summed E-state index contributed by atoms with van der Waals surface area (Å²) in [5.41, 5.74) is 0.968. The number of H-pyrrole nitrogens is 1. The molecular weight excluding hydrogens is 302 g/mol. The fourth-order valence-corrected chi connectivity index (χ4v) is 2.12. The average molecular weight is 322 g/mol. The highest BCUT2D eigenvalue weighted by Gasteiger charge is 2.12. The minimum absolute atomic E-state index is 0.147. The van der Waals surface area contributed by atoms with Crippen LogP contribution in [0.4, 0.5) is 10.7 Å². The number of nitrogens with zero attached hydrogens (tertiary/aromatic N) is 2. The first-order valence-electron chi connectivity index (χ1n) is 7.18. The van der Waals surface area contributed by atoms with Crippen LogP contribution in [0.5, 0.6) is 0 Å². The Balaban J connectivity index is 1.89. The average Bonchev–Trinajstić information content (AvgIpc) is 2.85. The topological polar surface area (TPSA) is 82.7 Å². The molecule has 2 amide bonds. The van der Waals surface area contributed by atoms with Crippen LogP contribution in [0.3, 0.4) is 0 Å². The summed E-state index contributed by atoms with van der Waals surface area (Å²) in [5.74, 6) is 1.51. The van der Waals surface area contributed by atoms with Crippen molar-refractivity contribution in [1.82, 2.24) is 20.5 Å². The zero-order chi connectivity index (χ0) is 16.1. The minimum atomic E-state index is -0.349. The molecule has 0 fully saturated rings. The molecule has 0 aliphatic carbocycles. The molecule has 118 valence electrons. The van der Waals surface area contributed by atoms with Crippen LogP contribution in [0.1, 0.15) is 38.2 Å². The number of amides is 2. The van der Waals surface area contributed by atoms with Crippen LogP contribution < -0.4 is 10.6 Å². The highest BCUT2D eigenvalue weighted by atomic mass is 35.5. The van der Waals surface area contributed by atoms with Gasteiger partial charge in [0.15, 0.2) is 0 Å². The molecule has 0 radical (unpaired) electrons. The van der Waals surface area contributed by atoms with Gasteiger partial charge in [-0.2, -0.15) is 4.98 Å². The number of hydrogen-bond donors (Lipinski definition) is 3. The Bertz CT molecular complexity index is 623. The first kappa shape index (κ1) is 16.3. The summed E-state index contributed by atoms with van der Waals surface area (Å²) >= 11 is 5.85. The number of carbonyl (C=O) groups is 1. The second-order valence-electron chi connectivity index (χ2n) is 5.58. The van der Waals surface area contributed by atoms with Gasteiger partial charge in [-0.1, -0.05) is 37.6 Å². The second-order valence-corrected chi connectivity index (χ2v) is 6.01. The van der Waals surface area contributed by atoms with Gasteiger partial charge in [0.05, 0.1) is 6.04 Å². The Labute approximate surface area is 134 Å². The van der Waals surface area contributed by atoms with Crippen molar-refractivity contribution in [2.45, 2.75) is 33.2 Å². The van der Waals surface area contributed by atoms with E-state index in [9.17, 15) is 4.79 Å². The van der Waals surface area contributed by atoms with Crippen molar-refractivity contribution < 1.29 is 4.79 Å². The van der Waals surface area contributed by atoms with E-state index in [1.165, 1.54) is 0 Å². The van der Waals surface area contributed by atoms with Gasteiger partial charge < -0.3 is 5.32 Å². The highest BCUT2D eigenvalue weighted by Crippen LogP contribution is 2.16. The molecule has 1 aromatic carbocycles. The van der Waals surface area contributed by atoms with Crippen molar-refractivity contribution in [2.75, 3.05) is 5.32 Å². The van der Waals surface area contributed by atoms with Gasteiger partial charge in [-0.3, -0.25) is 10.4 Å². The largest absolute Gasteiger partial charge is 0.331 e. The van der Waals surface area contributed by atoms with Gasteiger partial charge >= 0.3 is 6.03 Å². The molecule has 1 aromatic heterocycles. The zero-order valence-electron chi connectivity index (χ0n) is 12.9. The van der Waals surface area contributed by atoms with Gasteiger partial charge in [-0.05, 0) is 30.5 Å². The van der Waals surface area contributed by atoms with Gasteiger partial charge in [0.25, 0.3) is 0 Å². The van der Waals surface area contributed by atoms with E-state index in [1.807, 2.05) is 19.1 Å². The normalized spacial score (nSPS) is 12.2. The van der Waals surface area contributed by atoms with Crippen LogP contribution >= 0.6 is 11.6 Å². The summed E-state index contributed by atoms with van der Waals surface area (Å²) in [6.07, 6.45) is 0.789. The molecule has 1 atom stereocenters. The lowest BCUT2D eigenvalue weighted by Crippen LogP contribution is -2.31. The predicted octanol–water partition coefficient (Wildman–Crippen LogP) is 3.54. The van der Waals surface area contributed by atoms with Gasteiger partial charge in [0, 0.05) is 11.4 Å². The third-order valence-electron chi connectivity index (χ3n) is 3.08. The van der Waals surface area contributed by atoms with E-state index < -0.39 is 0 Å². The van der Waals surface area contributed by atoms with E-state index in [4.69, 9.17) is 11.6 Å². The Hall–Kier alpha value is -2.08. The molecule has 6 nitrogen and oxygen atoms in total. The van der Waals surface area contributed by atoms with Crippen molar-refractivity contribution >= 4 is 23.6 Å². The molecule has 3 N–H and O–H groups in total. The van der Waals surface area contributed by atoms with E-state index >= 15 is 0 Å². The molecular formula is C15H20ClN5O. The molecule has 1 unspecified atom stereocenters. The molecule has 0 saturated carbocycles. The molecule has 0 aliphatic rings. The fourth-order valence-electron chi connectivity index (χ4n) is 2.00. The number of urea groups is 1. The van der Waals surface area contributed by atoms with Crippen LogP contribution in [-0.4, -0.2) is 21.2 Å². The fraction of sp³-hybridized carbons (Fsp3) is 0.400. The standard InChI is InChI=1S/C15H20ClN5O/c1-9(2)8-13-18-14(21-20-13)19-15(22)17-10(3)11-4-6-12(16)7-5-11/h4-7,9-10H,8H2,1-3H3,(H3,17,18,19,20,21,22). The quantitative estimate of drug-likeness (QED) is 0.787. The van der Waals surface area contributed by atoms with Crippen molar-refractivity contribution in [3.05, 3.63) is 40.7 Å². The van der Waals surface area contributed by atoms with Crippen molar-refractivity contribution in [2.24, 2.45) is 5.92 Å². The summed E-state index contributed by atoms with van der Waals surface area (Å²) in [4.78, 5) is 16.2. The third-order valence-corrected chi connectivity index (χ3v) is 3.33. The lowest BCUT2D eigenvalue weighted by molar-refractivity contribution is 0.249. The lowest BCUT2D eigenvalue weighted by atomic mass is 10.1. The van der Waals surface area contributed by atoms with Crippen LogP contribution in [0, 0.1) is 5.92 Å². The molecule has 0 spiro atoms. The van der Waals surface area contributed by atoms with Crippen LogP contribution in [0.15, 0.2) is 24.3 Å². The number of hydrogen-bond acceptors (Lipinski definition) is 3. The zero-order valence-corrected chi connectivity index (χ0v) is 13.6. The van der Waals surface area contributed by atoms with E-state index in [2.05, 4.69) is 39.7 Å². The summed E-state index contributed by atoms with van der Waals surface area (Å²) in [6, 6.07) is 6.84. The molecule has 0 bridgehead atoms. The van der Waals surface area contributed by atoms with E-state index in [0.717, 1.165) is 17.8 Å². The number of carbonyl (C=O) groups excluding carboxylic acids is 1. The van der Waals surface area contributed by atoms with Crippen molar-refractivity contribution in [3.63, 3.8) is 0 Å². The molecule has 22 heavy (non-hydrogen) atoms. The van der Waals surface area contributed by atoms with E-state index in [0.29, 0.717) is 10.9 Å².